The Kier molecular flexibility index (Phi) is 5.57. The van der Waals surface area contributed by atoms with Crippen LogP contribution in [-0.2, 0) is 6.54 Å². The quantitative estimate of drug-likeness (QED) is 0.835. The van der Waals surface area contributed by atoms with E-state index in [1.54, 1.807) is 0 Å². The Balaban J connectivity index is 2.22. The van der Waals surface area contributed by atoms with Gasteiger partial charge < -0.3 is 10.1 Å². The maximum atomic E-state index is 5.80. The average Bonchev–Trinajstić information content (AvgIpc) is 2.44. The van der Waals surface area contributed by atoms with E-state index in [1.807, 2.05) is 12.1 Å². The largest absolute Gasteiger partial charge is 0.477 e. The number of benzene rings is 1. The number of hydrogen-bond acceptors (Lipinski definition) is 3. The molecule has 0 radical (unpaired) electrons. The molecule has 114 valence electrons. The van der Waals surface area contributed by atoms with Gasteiger partial charge in [0.15, 0.2) is 0 Å². The maximum absolute atomic E-state index is 5.80. The van der Waals surface area contributed by atoms with Gasteiger partial charge in [0.25, 0.3) is 0 Å². The molecule has 2 aromatic rings. The summed E-state index contributed by atoms with van der Waals surface area (Å²) in [5.41, 5.74) is 2.25. The molecule has 3 nitrogen and oxygen atoms in total. The summed E-state index contributed by atoms with van der Waals surface area (Å²) in [5, 5.41) is 4.70. The van der Waals surface area contributed by atoms with Gasteiger partial charge in [-0.3, -0.25) is 0 Å². The zero-order valence-electron chi connectivity index (χ0n) is 13.5. The molecule has 1 aromatic carbocycles. The highest BCUT2D eigenvalue weighted by atomic mass is 16.5. The lowest BCUT2D eigenvalue weighted by Gasteiger charge is -2.13. The predicted octanol–water partition coefficient (Wildman–Crippen LogP) is 4.02. The number of ether oxygens (including phenoxy) is 1. The molecule has 0 aliphatic carbocycles. The van der Waals surface area contributed by atoms with E-state index in [9.17, 15) is 0 Å². The van der Waals surface area contributed by atoms with Gasteiger partial charge in [-0.15, -0.1) is 0 Å². The van der Waals surface area contributed by atoms with Crippen LogP contribution in [0, 0.1) is 11.8 Å². The predicted molar refractivity (Wildman–Crippen MR) is 88.6 cm³/mol. The summed E-state index contributed by atoms with van der Waals surface area (Å²) in [6.45, 7) is 11.3. The standard InChI is InChI=1S/C18H26N2O/c1-13(2)10-19-11-15-9-18(21-12-14(3)4)20-17-8-6-5-7-16(15)17/h5-9,13-14,19H,10-12H2,1-4H3. The number of nitrogens with one attached hydrogen (secondary N) is 1. The van der Waals surface area contributed by atoms with Crippen LogP contribution in [0.3, 0.4) is 0 Å². The zero-order valence-corrected chi connectivity index (χ0v) is 13.5. The summed E-state index contributed by atoms with van der Waals surface area (Å²) in [5.74, 6) is 1.87. The second kappa shape index (κ2) is 7.41. The van der Waals surface area contributed by atoms with E-state index in [-0.39, 0.29) is 0 Å². The van der Waals surface area contributed by atoms with Crippen molar-refractivity contribution in [3.63, 3.8) is 0 Å². The van der Waals surface area contributed by atoms with E-state index < -0.39 is 0 Å². The fourth-order valence-corrected chi connectivity index (χ4v) is 2.19. The van der Waals surface area contributed by atoms with Crippen molar-refractivity contribution in [1.82, 2.24) is 10.3 Å². The maximum Gasteiger partial charge on any atom is 0.214 e. The number of rotatable bonds is 7. The van der Waals surface area contributed by atoms with Gasteiger partial charge in [-0.25, -0.2) is 4.98 Å². The molecule has 0 aliphatic heterocycles. The highest BCUT2D eigenvalue weighted by Crippen LogP contribution is 2.22. The number of para-hydroxylation sites is 1. The van der Waals surface area contributed by atoms with Crippen molar-refractivity contribution >= 4 is 10.9 Å². The van der Waals surface area contributed by atoms with Gasteiger partial charge in [-0.2, -0.15) is 0 Å². The van der Waals surface area contributed by atoms with Crippen LogP contribution in [0.1, 0.15) is 33.3 Å². The van der Waals surface area contributed by atoms with E-state index in [0.29, 0.717) is 18.4 Å². The highest BCUT2D eigenvalue weighted by molar-refractivity contribution is 5.82. The van der Waals surface area contributed by atoms with Crippen LogP contribution < -0.4 is 10.1 Å². The Hall–Kier alpha value is -1.61. The van der Waals surface area contributed by atoms with E-state index in [2.05, 4.69) is 56.2 Å². The van der Waals surface area contributed by atoms with Crippen LogP contribution >= 0.6 is 0 Å². The molecule has 0 unspecified atom stereocenters. The summed E-state index contributed by atoms with van der Waals surface area (Å²) in [4.78, 5) is 4.60. The molecular formula is C18H26N2O. The molecule has 1 N–H and O–H groups in total. The Labute approximate surface area is 127 Å². The number of fused-ring (bicyclic) bond motifs is 1. The zero-order chi connectivity index (χ0) is 15.2. The van der Waals surface area contributed by atoms with Gasteiger partial charge in [0.1, 0.15) is 0 Å². The van der Waals surface area contributed by atoms with Crippen LogP contribution in [0.5, 0.6) is 5.88 Å². The highest BCUT2D eigenvalue weighted by Gasteiger charge is 2.07. The van der Waals surface area contributed by atoms with Crippen molar-refractivity contribution in [1.29, 1.82) is 0 Å². The first-order valence-corrected chi connectivity index (χ1v) is 7.78. The van der Waals surface area contributed by atoms with E-state index in [1.165, 1.54) is 10.9 Å². The third-order valence-corrected chi connectivity index (χ3v) is 3.21. The van der Waals surface area contributed by atoms with Crippen molar-refractivity contribution in [3.05, 3.63) is 35.9 Å². The Morgan fingerprint density at radius 2 is 1.86 bits per heavy atom. The fourth-order valence-electron chi connectivity index (χ4n) is 2.19. The Bertz CT molecular complexity index is 578. The lowest BCUT2D eigenvalue weighted by molar-refractivity contribution is 0.262. The molecule has 0 amide bonds. The summed E-state index contributed by atoms with van der Waals surface area (Å²) in [7, 11) is 0. The summed E-state index contributed by atoms with van der Waals surface area (Å²) in [6, 6.07) is 10.3. The summed E-state index contributed by atoms with van der Waals surface area (Å²) >= 11 is 0. The van der Waals surface area contributed by atoms with Gasteiger partial charge in [0, 0.05) is 18.0 Å². The van der Waals surface area contributed by atoms with Gasteiger partial charge >= 0.3 is 0 Å². The van der Waals surface area contributed by atoms with E-state index >= 15 is 0 Å². The molecule has 21 heavy (non-hydrogen) atoms. The van der Waals surface area contributed by atoms with Crippen molar-refractivity contribution in [2.45, 2.75) is 34.2 Å². The molecule has 0 saturated heterocycles. The SMILES string of the molecule is CC(C)CNCc1cc(OCC(C)C)nc2ccccc12. The van der Waals surface area contributed by atoms with Crippen LogP contribution in [0.4, 0.5) is 0 Å². The lowest BCUT2D eigenvalue weighted by atomic mass is 10.1. The summed E-state index contributed by atoms with van der Waals surface area (Å²) < 4.78 is 5.80. The van der Waals surface area contributed by atoms with Crippen LogP contribution in [0.15, 0.2) is 30.3 Å². The minimum atomic E-state index is 0.501. The normalized spacial score (nSPS) is 11.5. The third kappa shape index (κ3) is 4.71. The molecule has 0 fully saturated rings. The number of nitrogens with zero attached hydrogens (tertiary/aromatic N) is 1. The first-order valence-electron chi connectivity index (χ1n) is 7.78. The molecule has 0 spiro atoms. The second-order valence-electron chi connectivity index (χ2n) is 6.37. The molecule has 0 bridgehead atoms. The smallest absolute Gasteiger partial charge is 0.214 e. The monoisotopic (exact) mass is 286 g/mol. The van der Waals surface area contributed by atoms with Crippen LogP contribution in [-0.4, -0.2) is 18.1 Å². The lowest BCUT2D eigenvalue weighted by Crippen LogP contribution is -2.19. The van der Waals surface area contributed by atoms with Gasteiger partial charge in [0.05, 0.1) is 12.1 Å². The number of pyridine rings is 1. The minimum absolute atomic E-state index is 0.501. The van der Waals surface area contributed by atoms with Crippen molar-refractivity contribution in [3.8, 4) is 5.88 Å². The van der Waals surface area contributed by atoms with Crippen molar-refractivity contribution < 1.29 is 4.74 Å². The third-order valence-electron chi connectivity index (χ3n) is 3.21. The van der Waals surface area contributed by atoms with E-state index in [0.717, 1.165) is 24.5 Å². The number of aromatic nitrogens is 1. The first-order chi connectivity index (χ1) is 10.1. The van der Waals surface area contributed by atoms with Crippen LogP contribution in [0.2, 0.25) is 0 Å². The molecule has 1 heterocycles. The molecular weight excluding hydrogens is 260 g/mol. The molecule has 0 aliphatic rings. The molecule has 0 atom stereocenters. The molecule has 0 saturated carbocycles. The Morgan fingerprint density at radius 1 is 1.10 bits per heavy atom. The molecule has 1 aromatic heterocycles. The minimum Gasteiger partial charge on any atom is -0.477 e. The fraction of sp³-hybridized carbons (Fsp3) is 0.500. The van der Waals surface area contributed by atoms with Crippen molar-refractivity contribution in [2.75, 3.05) is 13.2 Å². The number of hydrogen-bond donors (Lipinski definition) is 1. The molecule has 3 heteroatoms. The second-order valence-corrected chi connectivity index (χ2v) is 6.37. The average molecular weight is 286 g/mol. The van der Waals surface area contributed by atoms with Gasteiger partial charge in [-0.05, 0) is 30.0 Å². The topological polar surface area (TPSA) is 34.1 Å². The van der Waals surface area contributed by atoms with Crippen LogP contribution in [0.25, 0.3) is 10.9 Å². The molecule has 2 rings (SSSR count). The van der Waals surface area contributed by atoms with E-state index in [4.69, 9.17) is 4.74 Å². The Morgan fingerprint density at radius 3 is 2.57 bits per heavy atom. The van der Waals surface area contributed by atoms with Gasteiger partial charge in [0.2, 0.25) is 5.88 Å². The first kappa shape index (κ1) is 15.8. The summed E-state index contributed by atoms with van der Waals surface area (Å²) in [6.07, 6.45) is 0. The van der Waals surface area contributed by atoms with Gasteiger partial charge in [-0.1, -0.05) is 45.9 Å². The van der Waals surface area contributed by atoms with Crippen molar-refractivity contribution in [2.24, 2.45) is 11.8 Å².